The van der Waals surface area contributed by atoms with Crippen molar-refractivity contribution in [1.29, 1.82) is 0 Å². The van der Waals surface area contributed by atoms with E-state index in [1.807, 2.05) is 20.8 Å². The van der Waals surface area contributed by atoms with Crippen LogP contribution in [0.1, 0.15) is 143 Å². The summed E-state index contributed by atoms with van der Waals surface area (Å²) in [6, 6.07) is 0. The van der Waals surface area contributed by atoms with Crippen LogP contribution in [0, 0.1) is 0 Å². The summed E-state index contributed by atoms with van der Waals surface area (Å²) in [4.78, 5) is 0. The van der Waals surface area contributed by atoms with Crippen molar-refractivity contribution in [2.75, 3.05) is 30.9 Å². The van der Waals surface area contributed by atoms with Crippen LogP contribution >= 0.6 is 6.75 Å². The van der Waals surface area contributed by atoms with Crippen LogP contribution in [0.5, 0.6) is 0 Å². The van der Waals surface area contributed by atoms with Gasteiger partial charge >= 0.3 is 284 Å². The maximum atomic E-state index is 14.6. The number of sulfonamides is 2. The SMILES string of the molecule is CCCCCCCCP(CCCCCCCC)(CCCCCCCC)(C[Si](C)(C)OCC)N(S(=O)(=O)C(F)(F)F)S(=O)(=O)C(F)(F)F. The molecule has 0 radical (unpaired) electrons. The third-order valence-corrected chi connectivity index (χ3v) is 29.0. The molecule has 0 bridgehead atoms. The monoisotopic (exact) mass is 767 g/mol. The first kappa shape index (κ1) is 47.0. The molecule has 0 aliphatic carbocycles. The van der Waals surface area contributed by atoms with E-state index in [1.165, 1.54) is 0 Å². The number of halogens is 6. The number of hydrogen-bond acceptors (Lipinski definition) is 5. The molecule has 0 aromatic carbocycles. The molecule has 0 unspecified atom stereocenters. The molecule has 0 aliphatic heterocycles. The molecular weight excluding hydrogens is 704 g/mol. The molecule has 6 nitrogen and oxygen atoms in total. The zero-order valence-corrected chi connectivity index (χ0v) is 33.3. The summed E-state index contributed by atoms with van der Waals surface area (Å²) in [5.41, 5.74) is -12.5. The van der Waals surface area contributed by atoms with Gasteiger partial charge in [-0.05, 0) is 0 Å². The van der Waals surface area contributed by atoms with Gasteiger partial charge in [-0.3, -0.25) is 0 Å². The average Bonchev–Trinajstić information content (AvgIpc) is 2.93. The Balaban J connectivity index is 7.89. The van der Waals surface area contributed by atoms with Gasteiger partial charge in [0.15, 0.2) is 0 Å². The van der Waals surface area contributed by atoms with Gasteiger partial charge in [0.1, 0.15) is 0 Å². The van der Waals surface area contributed by atoms with E-state index in [-0.39, 0.29) is 50.1 Å². The van der Waals surface area contributed by atoms with E-state index in [4.69, 9.17) is 4.43 Å². The van der Waals surface area contributed by atoms with E-state index in [0.29, 0.717) is 38.5 Å². The summed E-state index contributed by atoms with van der Waals surface area (Å²) < 4.78 is 147. The Morgan fingerprint density at radius 2 is 0.809 bits per heavy atom. The van der Waals surface area contributed by atoms with Gasteiger partial charge in [0, 0.05) is 0 Å². The van der Waals surface area contributed by atoms with Crippen molar-refractivity contribution in [2.24, 2.45) is 0 Å². The normalized spacial score (nSPS) is 14.9. The van der Waals surface area contributed by atoms with Crippen molar-refractivity contribution < 1.29 is 47.6 Å². The van der Waals surface area contributed by atoms with Crippen molar-refractivity contribution in [3.63, 3.8) is 0 Å². The van der Waals surface area contributed by atoms with Crippen LogP contribution in [0.4, 0.5) is 26.3 Å². The van der Waals surface area contributed by atoms with E-state index in [1.54, 1.807) is 20.0 Å². The molecule has 0 atom stereocenters. The van der Waals surface area contributed by atoms with Crippen molar-refractivity contribution in [3.8, 4) is 0 Å². The van der Waals surface area contributed by atoms with Crippen LogP contribution in [-0.2, 0) is 24.5 Å². The molecule has 0 aromatic rings. The van der Waals surface area contributed by atoms with Gasteiger partial charge < -0.3 is 0 Å². The van der Waals surface area contributed by atoms with Crippen LogP contribution < -0.4 is 0 Å². The fourth-order valence-electron chi connectivity index (χ4n) is 7.10. The zero-order valence-electron chi connectivity index (χ0n) is 29.8. The Morgan fingerprint density at radius 1 is 0.532 bits per heavy atom. The number of hydrogen-bond donors (Lipinski definition) is 0. The van der Waals surface area contributed by atoms with Gasteiger partial charge in [-0.15, -0.1) is 0 Å². The predicted octanol–water partition coefficient (Wildman–Crippen LogP) is 11.3. The summed E-state index contributed by atoms with van der Waals surface area (Å²) in [5, 5.41) is 0. The molecule has 0 heterocycles. The molecule has 47 heavy (non-hydrogen) atoms. The first-order valence-electron chi connectivity index (χ1n) is 17.7. The van der Waals surface area contributed by atoms with E-state index < -0.39 is 49.6 Å². The molecule has 0 rings (SSSR count). The Bertz CT molecular complexity index is 1000. The second-order valence-corrected chi connectivity index (χ2v) is 28.8. The first-order chi connectivity index (χ1) is 21.6. The molecule has 0 saturated heterocycles. The number of nitrogens with zero attached hydrogens (tertiary/aromatic N) is 1. The third-order valence-electron chi connectivity index (χ3n) is 9.04. The fourth-order valence-corrected chi connectivity index (χ4v) is 32.5. The Kier molecular flexibility index (Phi) is 20.8. The van der Waals surface area contributed by atoms with Crippen LogP contribution in [0.15, 0.2) is 0 Å². The number of alkyl halides is 6. The molecule has 0 fully saturated rings. The van der Waals surface area contributed by atoms with Gasteiger partial charge in [-0.2, -0.15) is 0 Å². The van der Waals surface area contributed by atoms with Gasteiger partial charge in [-0.25, -0.2) is 0 Å². The van der Waals surface area contributed by atoms with Crippen LogP contribution in [-0.4, -0.2) is 70.5 Å². The van der Waals surface area contributed by atoms with E-state index in [0.717, 1.165) is 57.8 Å². The standard InChI is InChI=1S/C31H64F6NO5PS2Si/c1-7-11-14-17-20-23-26-44(29-47(5,6)43-10-4,27-24-21-18-15-12-8-2,28-25-22-19-16-13-9-3)38(45(39,40)30(32,33)34)46(41,42)31(35,36)37/h7-29H2,1-6H3. The fraction of sp³-hybridized carbons (Fsp3) is 1.00. The molecule has 0 aromatic heterocycles. The number of rotatable bonds is 28. The molecule has 0 amide bonds. The second-order valence-electron chi connectivity index (χ2n) is 13.8. The van der Waals surface area contributed by atoms with Crippen molar-refractivity contribution in [3.05, 3.63) is 0 Å². The molecular formula is C31H64F6NO5PS2Si. The predicted molar refractivity (Wildman–Crippen MR) is 187 cm³/mol. The van der Waals surface area contributed by atoms with Crippen LogP contribution in [0.25, 0.3) is 0 Å². The van der Waals surface area contributed by atoms with E-state index in [2.05, 4.69) is 0 Å². The molecule has 0 N–H and O–H groups in total. The quantitative estimate of drug-likeness (QED) is 0.0343. The Morgan fingerprint density at radius 3 is 1.06 bits per heavy atom. The first-order valence-corrected chi connectivity index (χ1v) is 26.6. The van der Waals surface area contributed by atoms with Crippen LogP contribution in [0.2, 0.25) is 13.1 Å². The van der Waals surface area contributed by atoms with E-state index in [9.17, 15) is 43.2 Å². The summed E-state index contributed by atoms with van der Waals surface area (Å²) in [6.45, 7) is 5.89. The third kappa shape index (κ3) is 14.3. The molecule has 0 aliphatic rings. The van der Waals surface area contributed by atoms with Crippen molar-refractivity contribution in [2.45, 2.75) is 167 Å². The topological polar surface area (TPSA) is 80.8 Å². The van der Waals surface area contributed by atoms with Crippen molar-refractivity contribution >= 4 is 35.1 Å². The summed E-state index contributed by atoms with van der Waals surface area (Å²) >= 11 is 0. The summed E-state index contributed by atoms with van der Waals surface area (Å²) in [7, 11) is -17.2. The molecule has 286 valence electrons. The maximum absolute atomic E-state index is 14.6. The van der Waals surface area contributed by atoms with Gasteiger partial charge in [0.05, 0.1) is 0 Å². The zero-order chi connectivity index (χ0) is 36.5. The second kappa shape index (κ2) is 20.8. The molecule has 16 heteroatoms. The van der Waals surface area contributed by atoms with Gasteiger partial charge in [0.25, 0.3) is 0 Å². The van der Waals surface area contributed by atoms with Crippen molar-refractivity contribution in [1.82, 2.24) is 3.48 Å². The average molecular weight is 768 g/mol. The minimum atomic E-state index is -6.99. The number of unbranched alkanes of at least 4 members (excludes halogenated alkanes) is 15. The van der Waals surface area contributed by atoms with Crippen LogP contribution in [0.3, 0.4) is 0 Å². The molecule has 0 spiro atoms. The summed E-state index contributed by atoms with van der Waals surface area (Å²) in [6.07, 6.45) is 10.8. The van der Waals surface area contributed by atoms with Gasteiger partial charge in [-0.1, -0.05) is 0 Å². The minimum absolute atomic E-state index is 0.120. The van der Waals surface area contributed by atoms with E-state index >= 15 is 0 Å². The summed E-state index contributed by atoms with van der Waals surface area (Å²) in [5.74, 6) is -0.379. The Labute approximate surface area is 283 Å². The Hall–Kier alpha value is 0.0469. The molecule has 0 saturated carbocycles. The van der Waals surface area contributed by atoms with Gasteiger partial charge in [0.2, 0.25) is 0 Å².